The zero-order chi connectivity index (χ0) is 19.3. The lowest BCUT2D eigenvalue weighted by Crippen LogP contribution is -2.38. The second-order valence-corrected chi connectivity index (χ2v) is 8.78. The molecule has 2 aromatic rings. The van der Waals surface area contributed by atoms with E-state index in [0.29, 0.717) is 16.8 Å². The Kier molecular flexibility index (Phi) is 6.46. The molecule has 0 unspecified atom stereocenters. The summed E-state index contributed by atoms with van der Waals surface area (Å²) in [6.45, 7) is 0. The van der Waals surface area contributed by atoms with E-state index in [0.717, 1.165) is 12.8 Å². The van der Waals surface area contributed by atoms with Crippen LogP contribution < -0.4 is 15.4 Å². The molecule has 3 N–H and O–H groups in total. The van der Waals surface area contributed by atoms with Crippen molar-refractivity contribution in [2.45, 2.75) is 43.0 Å². The van der Waals surface area contributed by atoms with Gasteiger partial charge in [-0.15, -0.1) is 10.2 Å². The van der Waals surface area contributed by atoms with Crippen LogP contribution in [0.25, 0.3) is 0 Å². The monoisotopic (exact) mass is 425 g/mol. The number of aromatic nitrogens is 2. The van der Waals surface area contributed by atoms with Crippen LogP contribution in [0.2, 0.25) is 5.15 Å². The molecule has 0 saturated heterocycles. The van der Waals surface area contributed by atoms with Gasteiger partial charge in [-0.3, -0.25) is 4.72 Å². The van der Waals surface area contributed by atoms with Gasteiger partial charge in [0.25, 0.3) is 10.0 Å². The third-order valence-electron chi connectivity index (χ3n) is 4.23. The van der Waals surface area contributed by atoms with Gasteiger partial charge in [-0.2, -0.15) is 0 Å². The number of rotatable bonds is 5. The van der Waals surface area contributed by atoms with Crippen molar-refractivity contribution in [2.75, 3.05) is 10.0 Å². The molecule has 7 nitrogen and oxygen atoms in total. The van der Waals surface area contributed by atoms with E-state index in [1.807, 2.05) is 0 Å². The van der Waals surface area contributed by atoms with E-state index in [4.69, 9.17) is 23.8 Å². The average Bonchev–Trinajstić information content (AvgIpc) is 2.65. The molecule has 0 aliphatic heterocycles. The summed E-state index contributed by atoms with van der Waals surface area (Å²) in [5, 5.41) is 14.4. The van der Waals surface area contributed by atoms with Gasteiger partial charge in [0.2, 0.25) is 0 Å². The van der Waals surface area contributed by atoms with Crippen molar-refractivity contribution in [3.05, 3.63) is 41.6 Å². The predicted octanol–water partition coefficient (Wildman–Crippen LogP) is 3.55. The number of benzene rings is 1. The van der Waals surface area contributed by atoms with E-state index < -0.39 is 10.0 Å². The molecule has 1 aliphatic rings. The minimum Gasteiger partial charge on any atom is -0.360 e. The van der Waals surface area contributed by atoms with Crippen molar-refractivity contribution in [1.29, 1.82) is 0 Å². The Bertz CT molecular complexity index is 883. The molecule has 1 aromatic heterocycles. The molecule has 0 atom stereocenters. The van der Waals surface area contributed by atoms with E-state index in [1.54, 1.807) is 12.1 Å². The first-order valence-electron chi connectivity index (χ1n) is 8.62. The van der Waals surface area contributed by atoms with Crippen LogP contribution in [-0.4, -0.2) is 29.8 Å². The van der Waals surface area contributed by atoms with Crippen LogP contribution >= 0.6 is 23.8 Å². The standard InChI is InChI=1S/C17H20ClN5O2S2/c18-15-10-11-16(22-21-15)23-27(24,25)14-8-6-13(7-9-14)20-17(26)19-12-4-2-1-3-5-12/h6-12H,1-5H2,(H,22,23)(H2,19,20,26). The van der Waals surface area contributed by atoms with Crippen LogP contribution in [0.1, 0.15) is 32.1 Å². The molecule has 1 aliphatic carbocycles. The fourth-order valence-electron chi connectivity index (χ4n) is 2.88. The SMILES string of the molecule is O=S(=O)(Nc1ccc(Cl)nn1)c1ccc(NC(=S)NC2CCCCC2)cc1. The first-order valence-corrected chi connectivity index (χ1v) is 10.9. The number of sulfonamides is 1. The van der Waals surface area contributed by atoms with Crippen molar-refractivity contribution >= 4 is 50.5 Å². The summed E-state index contributed by atoms with van der Waals surface area (Å²) in [6.07, 6.45) is 5.97. The second-order valence-electron chi connectivity index (χ2n) is 6.30. The van der Waals surface area contributed by atoms with Crippen LogP contribution in [-0.2, 0) is 10.0 Å². The molecule has 0 spiro atoms. The highest BCUT2D eigenvalue weighted by Gasteiger charge is 2.16. The normalized spacial score (nSPS) is 15.1. The highest BCUT2D eigenvalue weighted by molar-refractivity contribution is 7.92. The fourth-order valence-corrected chi connectivity index (χ4v) is 4.27. The Labute approximate surface area is 169 Å². The summed E-state index contributed by atoms with van der Waals surface area (Å²) in [6, 6.07) is 9.63. The minimum atomic E-state index is -3.77. The Morgan fingerprint density at radius 3 is 2.37 bits per heavy atom. The summed E-state index contributed by atoms with van der Waals surface area (Å²) in [5.41, 5.74) is 0.716. The number of hydrogen-bond donors (Lipinski definition) is 3. The molecule has 27 heavy (non-hydrogen) atoms. The molecule has 144 valence electrons. The maximum Gasteiger partial charge on any atom is 0.263 e. The Balaban J connectivity index is 1.60. The molecule has 1 fully saturated rings. The first-order chi connectivity index (χ1) is 12.9. The maximum atomic E-state index is 12.4. The van der Waals surface area contributed by atoms with Gasteiger partial charge in [0.05, 0.1) is 4.90 Å². The number of halogens is 1. The quantitative estimate of drug-likeness (QED) is 0.630. The summed E-state index contributed by atoms with van der Waals surface area (Å²) < 4.78 is 27.2. The lowest BCUT2D eigenvalue weighted by atomic mass is 9.96. The van der Waals surface area contributed by atoms with Crippen LogP contribution in [0.4, 0.5) is 11.5 Å². The fraction of sp³-hybridized carbons (Fsp3) is 0.353. The molecular weight excluding hydrogens is 406 g/mol. The van der Waals surface area contributed by atoms with E-state index in [1.165, 1.54) is 43.5 Å². The Morgan fingerprint density at radius 2 is 1.74 bits per heavy atom. The number of anilines is 2. The second kappa shape index (κ2) is 8.81. The van der Waals surface area contributed by atoms with Crippen molar-refractivity contribution in [3.8, 4) is 0 Å². The number of thiocarbonyl (C=S) groups is 1. The third-order valence-corrected chi connectivity index (χ3v) is 6.03. The molecule has 1 heterocycles. The van der Waals surface area contributed by atoms with Crippen molar-refractivity contribution in [2.24, 2.45) is 0 Å². The molecule has 1 saturated carbocycles. The van der Waals surface area contributed by atoms with E-state index in [-0.39, 0.29) is 15.9 Å². The summed E-state index contributed by atoms with van der Waals surface area (Å²) in [5.74, 6) is 0.0967. The zero-order valence-electron chi connectivity index (χ0n) is 14.5. The third kappa shape index (κ3) is 5.75. The molecule has 10 heteroatoms. The smallest absolute Gasteiger partial charge is 0.263 e. The van der Waals surface area contributed by atoms with Crippen LogP contribution in [0.5, 0.6) is 0 Å². The van der Waals surface area contributed by atoms with Gasteiger partial charge in [0.1, 0.15) is 0 Å². The number of nitrogens with zero attached hydrogens (tertiary/aromatic N) is 2. The summed E-state index contributed by atoms with van der Waals surface area (Å²) in [7, 11) is -3.77. The minimum absolute atomic E-state index is 0.0967. The highest BCUT2D eigenvalue weighted by atomic mass is 35.5. The molecule has 0 radical (unpaired) electrons. The topological polar surface area (TPSA) is 96.0 Å². The molecule has 0 amide bonds. The van der Waals surface area contributed by atoms with Gasteiger partial charge in [0, 0.05) is 11.7 Å². The summed E-state index contributed by atoms with van der Waals surface area (Å²) >= 11 is 11.0. The van der Waals surface area contributed by atoms with Gasteiger partial charge in [-0.25, -0.2) is 8.42 Å². The van der Waals surface area contributed by atoms with Gasteiger partial charge in [-0.05, 0) is 61.5 Å². The summed E-state index contributed by atoms with van der Waals surface area (Å²) in [4.78, 5) is 0.107. The maximum absolute atomic E-state index is 12.4. The molecular formula is C17H20ClN5O2S2. The van der Waals surface area contributed by atoms with Gasteiger partial charge >= 0.3 is 0 Å². The average molecular weight is 426 g/mol. The zero-order valence-corrected chi connectivity index (χ0v) is 16.9. The van der Waals surface area contributed by atoms with E-state index in [9.17, 15) is 8.42 Å². The molecule has 0 bridgehead atoms. The predicted molar refractivity (Wildman–Crippen MR) is 111 cm³/mol. The van der Waals surface area contributed by atoms with Gasteiger partial charge < -0.3 is 10.6 Å². The van der Waals surface area contributed by atoms with Gasteiger partial charge in [-0.1, -0.05) is 30.9 Å². The van der Waals surface area contributed by atoms with E-state index >= 15 is 0 Å². The van der Waals surface area contributed by atoms with Crippen LogP contribution in [0, 0.1) is 0 Å². The first kappa shape index (κ1) is 19.8. The Hall–Kier alpha value is -1.97. The molecule has 1 aromatic carbocycles. The lowest BCUT2D eigenvalue weighted by Gasteiger charge is -2.24. The van der Waals surface area contributed by atoms with Crippen molar-refractivity contribution < 1.29 is 8.42 Å². The van der Waals surface area contributed by atoms with Crippen molar-refractivity contribution in [1.82, 2.24) is 15.5 Å². The van der Waals surface area contributed by atoms with Gasteiger partial charge in [0.15, 0.2) is 16.1 Å². The molecule has 3 rings (SSSR count). The lowest BCUT2D eigenvalue weighted by molar-refractivity contribution is 0.415. The number of nitrogens with one attached hydrogen (secondary N) is 3. The van der Waals surface area contributed by atoms with Crippen LogP contribution in [0.3, 0.4) is 0 Å². The number of hydrogen-bond acceptors (Lipinski definition) is 5. The Morgan fingerprint density at radius 1 is 1.04 bits per heavy atom. The van der Waals surface area contributed by atoms with Crippen LogP contribution in [0.15, 0.2) is 41.3 Å². The van der Waals surface area contributed by atoms with Crippen molar-refractivity contribution in [3.63, 3.8) is 0 Å². The largest absolute Gasteiger partial charge is 0.360 e. The van der Waals surface area contributed by atoms with E-state index in [2.05, 4.69) is 25.6 Å². The highest BCUT2D eigenvalue weighted by Crippen LogP contribution is 2.19.